The van der Waals surface area contributed by atoms with Crippen LogP contribution < -0.4 is 0 Å². The van der Waals surface area contributed by atoms with Crippen molar-refractivity contribution in [2.24, 2.45) is 0 Å². The maximum atomic E-state index is 11.9. The van der Waals surface area contributed by atoms with Crippen molar-refractivity contribution >= 4 is 17.9 Å². The Balaban J connectivity index is 1.56. The summed E-state index contributed by atoms with van der Waals surface area (Å²) in [5.74, 6) is 1.12. The van der Waals surface area contributed by atoms with E-state index in [0.29, 0.717) is 11.3 Å². The lowest BCUT2D eigenvalue weighted by Gasteiger charge is -2.27. The molecular weight excluding hydrogens is 210 g/mol. The molecule has 2 atom stereocenters. The largest absolute Gasteiger partial charge is 0.446 e. The van der Waals surface area contributed by atoms with Crippen LogP contribution in [0, 0.1) is 0 Å². The molecule has 2 saturated heterocycles. The van der Waals surface area contributed by atoms with Gasteiger partial charge in [-0.1, -0.05) is 0 Å². The second-order valence-electron chi connectivity index (χ2n) is 4.79. The predicted octanol–water partition coefficient (Wildman–Crippen LogP) is 2.26. The lowest BCUT2D eigenvalue weighted by atomic mass is 10.2. The van der Waals surface area contributed by atoms with Gasteiger partial charge >= 0.3 is 6.09 Å². The zero-order chi connectivity index (χ0) is 10.3. The number of rotatable bonds is 1. The molecule has 0 radical (unpaired) electrons. The fourth-order valence-corrected chi connectivity index (χ4v) is 4.27. The molecule has 0 unspecified atom stereocenters. The molecule has 0 spiro atoms. The van der Waals surface area contributed by atoms with Crippen molar-refractivity contribution in [3.05, 3.63) is 0 Å². The van der Waals surface area contributed by atoms with Gasteiger partial charge in [-0.2, -0.15) is 11.8 Å². The second kappa shape index (κ2) is 3.89. The smallest absolute Gasteiger partial charge is 0.410 e. The third-order valence-electron chi connectivity index (χ3n) is 3.70. The Labute approximate surface area is 94.5 Å². The summed E-state index contributed by atoms with van der Waals surface area (Å²) in [5.41, 5.74) is 0. The van der Waals surface area contributed by atoms with Gasteiger partial charge in [0.05, 0.1) is 0 Å². The van der Waals surface area contributed by atoms with Crippen LogP contribution >= 0.6 is 11.8 Å². The molecule has 3 rings (SSSR count). The van der Waals surface area contributed by atoms with E-state index in [1.807, 2.05) is 16.7 Å². The summed E-state index contributed by atoms with van der Waals surface area (Å²) >= 11 is 2.01. The van der Waals surface area contributed by atoms with Crippen LogP contribution in [0.2, 0.25) is 0 Å². The van der Waals surface area contributed by atoms with E-state index in [9.17, 15) is 4.79 Å². The summed E-state index contributed by atoms with van der Waals surface area (Å²) in [6.45, 7) is 0.918. The maximum absolute atomic E-state index is 11.9. The SMILES string of the molecule is O=C(OC1CCCC1)N1C[C@H]2C[C@H]1CS2. The monoisotopic (exact) mass is 227 g/mol. The van der Waals surface area contributed by atoms with Gasteiger partial charge in [0, 0.05) is 23.6 Å². The van der Waals surface area contributed by atoms with Gasteiger partial charge in [-0.05, 0) is 32.1 Å². The summed E-state index contributed by atoms with van der Waals surface area (Å²) in [4.78, 5) is 13.8. The number of ether oxygens (including phenoxy) is 1. The molecule has 1 aliphatic carbocycles. The normalized spacial score (nSPS) is 35.1. The van der Waals surface area contributed by atoms with Crippen LogP contribution in [-0.2, 0) is 4.74 Å². The van der Waals surface area contributed by atoms with Gasteiger partial charge in [-0.15, -0.1) is 0 Å². The van der Waals surface area contributed by atoms with E-state index in [4.69, 9.17) is 4.74 Å². The Kier molecular flexibility index (Phi) is 2.54. The van der Waals surface area contributed by atoms with E-state index in [-0.39, 0.29) is 12.2 Å². The number of hydrogen-bond acceptors (Lipinski definition) is 3. The number of hydrogen-bond donors (Lipinski definition) is 0. The number of likely N-dealkylation sites (tertiary alicyclic amines) is 1. The van der Waals surface area contributed by atoms with E-state index in [0.717, 1.165) is 25.1 Å². The Morgan fingerprint density at radius 1 is 1.33 bits per heavy atom. The number of carbonyl (C=O) groups is 1. The first kappa shape index (κ1) is 9.82. The third kappa shape index (κ3) is 1.84. The van der Waals surface area contributed by atoms with Crippen LogP contribution in [-0.4, -0.2) is 40.7 Å². The van der Waals surface area contributed by atoms with Crippen LogP contribution in [0.5, 0.6) is 0 Å². The molecule has 4 heteroatoms. The van der Waals surface area contributed by atoms with Crippen LogP contribution in [0.25, 0.3) is 0 Å². The summed E-state index contributed by atoms with van der Waals surface area (Å²) in [6.07, 6.45) is 5.94. The topological polar surface area (TPSA) is 29.5 Å². The molecule has 0 N–H and O–H groups in total. The van der Waals surface area contributed by atoms with Crippen molar-refractivity contribution in [1.82, 2.24) is 4.90 Å². The van der Waals surface area contributed by atoms with E-state index >= 15 is 0 Å². The summed E-state index contributed by atoms with van der Waals surface area (Å²) < 4.78 is 5.53. The number of thioether (sulfide) groups is 1. The number of amides is 1. The summed E-state index contributed by atoms with van der Waals surface area (Å²) in [5, 5.41) is 0.686. The molecule has 3 fully saturated rings. The molecule has 0 aromatic heterocycles. The number of fused-ring (bicyclic) bond motifs is 2. The van der Waals surface area contributed by atoms with Crippen molar-refractivity contribution in [3.63, 3.8) is 0 Å². The van der Waals surface area contributed by atoms with Gasteiger partial charge in [0.25, 0.3) is 0 Å². The fourth-order valence-electron chi connectivity index (χ4n) is 2.84. The molecule has 3 nitrogen and oxygen atoms in total. The first-order chi connectivity index (χ1) is 7.33. The highest BCUT2D eigenvalue weighted by Gasteiger charge is 2.42. The highest BCUT2D eigenvalue weighted by Crippen LogP contribution is 2.38. The van der Waals surface area contributed by atoms with Crippen LogP contribution in [0.1, 0.15) is 32.1 Å². The van der Waals surface area contributed by atoms with E-state index in [1.54, 1.807) is 0 Å². The van der Waals surface area contributed by atoms with Crippen LogP contribution in [0.3, 0.4) is 0 Å². The zero-order valence-corrected chi connectivity index (χ0v) is 9.67. The number of carbonyl (C=O) groups excluding carboxylic acids is 1. The highest BCUT2D eigenvalue weighted by molar-refractivity contribution is 8.00. The van der Waals surface area contributed by atoms with E-state index < -0.39 is 0 Å². The minimum absolute atomic E-state index is 0.0466. The Hall–Kier alpha value is -0.380. The van der Waals surface area contributed by atoms with Gasteiger partial charge in [-0.3, -0.25) is 0 Å². The molecule has 0 aromatic carbocycles. The first-order valence-electron chi connectivity index (χ1n) is 5.92. The highest BCUT2D eigenvalue weighted by atomic mass is 32.2. The van der Waals surface area contributed by atoms with Gasteiger partial charge in [0.15, 0.2) is 0 Å². The molecule has 2 heterocycles. The van der Waals surface area contributed by atoms with Gasteiger partial charge < -0.3 is 9.64 Å². The molecular formula is C11H17NO2S. The average molecular weight is 227 g/mol. The van der Waals surface area contributed by atoms with Crippen molar-refractivity contribution in [1.29, 1.82) is 0 Å². The lowest BCUT2D eigenvalue weighted by molar-refractivity contribution is 0.0639. The molecule has 1 amide bonds. The van der Waals surface area contributed by atoms with Gasteiger partial charge in [-0.25, -0.2) is 4.79 Å². The van der Waals surface area contributed by atoms with Gasteiger partial charge in [0.1, 0.15) is 6.10 Å². The van der Waals surface area contributed by atoms with Crippen molar-refractivity contribution < 1.29 is 9.53 Å². The minimum atomic E-state index is -0.0466. The Bertz CT molecular complexity index is 265. The Morgan fingerprint density at radius 3 is 2.73 bits per heavy atom. The first-order valence-corrected chi connectivity index (χ1v) is 6.96. The van der Waals surface area contributed by atoms with E-state index in [1.165, 1.54) is 19.3 Å². The van der Waals surface area contributed by atoms with Gasteiger partial charge in [0.2, 0.25) is 0 Å². The van der Waals surface area contributed by atoms with Crippen LogP contribution in [0.4, 0.5) is 4.79 Å². The zero-order valence-electron chi connectivity index (χ0n) is 8.85. The standard InChI is InChI=1S/C11H17NO2S/c13-11(14-9-3-1-2-4-9)12-6-10-5-8(12)7-15-10/h8-10H,1-7H2/t8-,10+/m0/s1. The quantitative estimate of drug-likeness (QED) is 0.688. The molecule has 0 aromatic rings. The summed E-state index contributed by atoms with van der Waals surface area (Å²) in [6, 6.07) is 0.467. The molecule has 1 saturated carbocycles. The predicted molar refractivity (Wildman–Crippen MR) is 60.1 cm³/mol. The molecule has 84 valence electrons. The fraction of sp³-hybridized carbons (Fsp3) is 0.909. The van der Waals surface area contributed by atoms with Crippen molar-refractivity contribution in [3.8, 4) is 0 Å². The number of nitrogens with zero attached hydrogens (tertiary/aromatic N) is 1. The molecule has 15 heavy (non-hydrogen) atoms. The molecule has 2 aliphatic heterocycles. The summed E-state index contributed by atoms with van der Waals surface area (Å²) in [7, 11) is 0. The molecule has 3 aliphatic rings. The Morgan fingerprint density at radius 2 is 2.13 bits per heavy atom. The minimum Gasteiger partial charge on any atom is -0.446 e. The average Bonchev–Trinajstić information content (AvgIpc) is 2.93. The molecule has 2 bridgehead atoms. The second-order valence-corrected chi connectivity index (χ2v) is 6.12. The van der Waals surface area contributed by atoms with Crippen molar-refractivity contribution in [2.45, 2.75) is 49.5 Å². The maximum Gasteiger partial charge on any atom is 0.410 e. The van der Waals surface area contributed by atoms with E-state index in [2.05, 4.69) is 0 Å². The lowest BCUT2D eigenvalue weighted by Crippen LogP contribution is -2.40. The third-order valence-corrected chi connectivity index (χ3v) is 5.09. The van der Waals surface area contributed by atoms with Crippen LogP contribution in [0.15, 0.2) is 0 Å². The van der Waals surface area contributed by atoms with Crippen molar-refractivity contribution in [2.75, 3.05) is 12.3 Å².